The van der Waals surface area contributed by atoms with Crippen LogP contribution in [0.25, 0.3) is 22.2 Å². The smallest absolute Gasteiger partial charge is 0.256 e. The first-order chi connectivity index (χ1) is 13.1. The minimum Gasteiger partial charge on any atom is -0.319 e. The molecule has 0 saturated carbocycles. The summed E-state index contributed by atoms with van der Waals surface area (Å²) in [7, 11) is 0. The van der Waals surface area contributed by atoms with Crippen LogP contribution in [0.15, 0.2) is 78.9 Å². The first kappa shape index (κ1) is 16.9. The molecule has 1 N–H and O–H groups in total. The van der Waals surface area contributed by atoms with Crippen molar-refractivity contribution in [3.05, 3.63) is 95.8 Å². The van der Waals surface area contributed by atoms with Crippen LogP contribution in [0.2, 0.25) is 0 Å². The maximum absolute atomic E-state index is 13.9. The van der Waals surface area contributed by atoms with Crippen LogP contribution in [0.1, 0.15) is 15.9 Å². The zero-order valence-corrected chi connectivity index (χ0v) is 14.7. The molecular formula is C23H17FN2O. The van der Waals surface area contributed by atoms with Gasteiger partial charge in [-0.15, -0.1) is 0 Å². The number of hydrogen-bond acceptors (Lipinski definition) is 2. The van der Waals surface area contributed by atoms with E-state index in [1.54, 1.807) is 24.3 Å². The first-order valence-electron chi connectivity index (χ1n) is 8.65. The van der Waals surface area contributed by atoms with Gasteiger partial charge in [0.15, 0.2) is 0 Å². The number of carbonyl (C=O) groups is 1. The Hall–Kier alpha value is -3.53. The number of nitrogens with zero attached hydrogens (tertiary/aromatic N) is 1. The highest BCUT2D eigenvalue weighted by Gasteiger charge is 2.16. The molecule has 4 rings (SSSR count). The van der Waals surface area contributed by atoms with Crippen molar-refractivity contribution >= 4 is 22.5 Å². The summed E-state index contributed by atoms with van der Waals surface area (Å²) in [5, 5.41) is 3.40. The standard InChI is InChI=1S/C23H17FN2O/c1-15-8-2-3-9-16(15)22-14-18(17-10-4-6-12-20(17)25-22)23(27)26-21-13-7-5-11-19(21)24/h2-14H,1H3,(H,26,27). The van der Waals surface area contributed by atoms with Crippen LogP contribution in [0, 0.1) is 12.7 Å². The van der Waals surface area contributed by atoms with E-state index >= 15 is 0 Å². The van der Waals surface area contributed by atoms with Crippen LogP contribution in [-0.2, 0) is 0 Å². The third-order valence-electron chi connectivity index (χ3n) is 4.50. The van der Waals surface area contributed by atoms with Crippen molar-refractivity contribution in [2.24, 2.45) is 0 Å². The summed E-state index contributed by atoms with van der Waals surface area (Å²) < 4.78 is 13.9. The molecule has 1 aromatic heterocycles. The van der Waals surface area contributed by atoms with Gasteiger partial charge in [0.25, 0.3) is 5.91 Å². The molecule has 3 aromatic carbocycles. The molecule has 0 aliphatic carbocycles. The molecule has 0 unspecified atom stereocenters. The van der Waals surface area contributed by atoms with Crippen molar-refractivity contribution in [3.8, 4) is 11.3 Å². The van der Waals surface area contributed by atoms with E-state index in [-0.39, 0.29) is 11.6 Å². The highest BCUT2D eigenvalue weighted by Crippen LogP contribution is 2.27. The van der Waals surface area contributed by atoms with E-state index < -0.39 is 5.82 Å². The number of carbonyl (C=O) groups excluding carboxylic acids is 1. The minimum atomic E-state index is -0.469. The van der Waals surface area contributed by atoms with Crippen molar-refractivity contribution in [1.82, 2.24) is 4.98 Å². The number of rotatable bonds is 3. The van der Waals surface area contributed by atoms with Crippen LogP contribution < -0.4 is 5.32 Å². The van der Waals surface area contributed by atoms with E-state index in [1.807, 2.05) is 55.5 Å². The Bertz CT molecular complexity index is 1150. The first-order valence-corrected chi connectivity index (χ1v) is 8.65. The number of aromatic nitrogens is 1. The van der Waals surface area contributed by atoms with Crippen molar-refractivity contribution < 1.29 is 9.18 Å². The summed E-state index contributed by atoms with van der Waals surface area (Å²) >= 11 is 0. The van der Waals surface area contributed by atoms with Gasteiger partial charge in [-0.1, -0.05) is 54.6 Å². The Morgan fingerprint density at radius 2 is 1.63 bits per heavy atom. The van der Waals surface area contributed by atoms with Crippen LogP contribution >= 0.6 is 0 Å². The Labute approximate surface area is 156 Å². The molecule has 0 atom stereocenters. The lowest BCUT2D eigenvalue weighted by Gasteiger charge is -2.12. The Morgan fingerprint density at radius 3 is 2.44 bits per heavy atom. The Balaban J connectivity index is 1.85. The van der Waals surface area contributed by atoms with Crippen LogP contribution in [-0.4, -0.2) is 10.9 Å². The number of para-hydroxylation sites is 2. The molecule has 1 amide bonds. The fourth-order valence-electron chi connectivity index (χ4n) is 3.11. The number of nitrogens with one attached hydrogen (secondary N) is 1. The molecule has 27 heavy (non-hydrogen) atoms. The normalized spacial score (nSPS) is 10.7. The highest BCUT2D eigenvalue weighted by molar-refractivity contribution is 6.13. The van der Waals surface area contributed by atoms with E-state index in [0.717, 1.165) is 22.0 Å². The van der Waals surface area contributed by atoms with Crippen LogP contribution in [0.5, 0.6) is 0 Å². The van der Waals surface area contributed by atoms with Crippen LogP contribution in [0.4, 0.5) is 10.1 Å². The largest absolute Gasteiger partial charge is 0.319 e. The molecule has 0 fully saturated rings. The van der Waals surface area contributed by atoms with E-state index in [9.17, 15) is 9.18 Å². The summed E-state index contributed by atoms with van der Waals surface area (Å²) in [5.74, 6) is -0.836. The number of amides is 1. The average molecular weight is 356 g/mol. The van der Waals surface area contributed by atoms with E-state index in [2.05, 4.69) is 5.32 Å². The SMILES string of the molecule is Cc1ccccc1-c1cc(C(=O)Nc2ccccc2F)c2ccccc2n1. The molecule has 4 aromatic rings. The fourth-order valence-corrected chi connectivity index (χ4v) is 3.11. The predicted octanol–water partition coefficient (Wildman–Crippen LogP) is 5.60. The van der Waals surface area contributed by atoms with Gasteiger partial charge in [0.1, 0.15) is 5.82 Å². The van der Waals surface area contributed by atoms with Gasteiger partial charge in [0, 0.05) is 10.9 Å². The molecule has 0 radical (unpaired) electrons. The number of pyridine rings is 1. The lowest BCUT2D eigenvalue weighted by atomic mass is 10.0. The number of hydrogen-bond donors (Lipinski definition) is 1. The third kappa shape index (κ3) is 3.29. The summed E-state index contributed by atoms with van der Waals surface area (Å²) in [5.41, 5.74) is 4.08. The summed E-state index contributed by atoms with van der Waals surface area (Å²) in [6, 6.07) is 23.2. The Kier molecular flexibility index (Phi) is 4.38. The molecule has 0 bridgehead atoms. The van der Waals surface area contributed by atoms with Crippen molar-refractivity contribution in [1.29, 1.82) is 0 Å². The van der Waals surface area contributed by atoms with Crippen LogP contribution in [0.3, 0.4) is 0 Å². The average Bonchev–Trinajstić information content (AvgIpc) is 2.69. The van der Waals surface area contributed by atoms with Gasteiger partial charge < -0.3 is 5.32 Å². The van der Waals surface area contributed by atoms with Gasteiger partial charge in [-0.3, -0.25) is 4.79 Å². The second-order valence-corrected chi connectivity index (χ2v) is 6.32. The van der Waals surface area contributed by atoms with E-state index in [0.29, 0.717) is 11.3 Å². The number of halogens is 1. The molecule has 1 heterocycles. The molecule has 3 nitrogen and oxygen atoms in total. The molecule has 4 heteroatoms. The summed E-state index contributed by atoms with van der Waals surface area (Å²) in [4.78, 5) is 17.7. The maximum atomic E-state index is 13.9. The Morgan fingerprint density at radius 1 is 0.926 bits per heavy atom. The number of aryl methyl sites for hydroxylation is 1. The fraction of sp³-hybridized carbons (Fsp3) is 0.0435. The summed E-state index contributed by atoms with van der Waals surface area (Å²) in [6.45, 7) is 2.01. The minimum absolute atomic E-state index is 0.154. The predicted molar refractivity (Wildman–Crippen MR) is 106 cm³/mol. The van der Waals surface area contributed by atoms with Gasteiger partial charge in [0.05, 0.1) is 22.5 Å². The zero-order valence-electron chi connectivity index (χ0n) is 14.7. The molecule has 0 saturated heterocycles. The quantitative estimate of drug-likeness (QED) is 0.519. The van der Waals surface area contributed by atoms with Gasteiger partial charge >= 0.3 is 0 Å². The topological polar surface area (TPSA) is 42.0 Å². The molecule has 0 aliphatic heterocycles. The van der Waals surface area contributed by atoms with E-state index in [1.165, 1.54) is 6.07 Å². The number of anilines is 1. The number of fused-ring (bicyclic) bond motifs is 1. The van der Waals surface area contributed by atoms with Gasteiger partial charge in [-0.2, -0.15) is 0 Å². The van der Waals surface area contributed by atoms with Gasteiger partial charge in [-0.05, 0) is 36.8 Å². The molecule has 0 aliphatic rings. The molecule has 132 valence electrons. The van der Waals surface area contributed by atoms with Crippen molar-refractivity contribution in [2.45, 2.75) is 6.92 Å². The zero-order chi connectivity index (χ0) is 18.8. The molecular weight excluding hydrogens is 339 g/mol. The lowest BCUT2D eigenvalue weighted by molar-refractivity contribution is 0.102. The summed E-state index contributed by atoms with van der Waals surface area (Å²) in [6.07, 6.45) is 0. The number of benzene rings is 3. The second kappa shape index (κ2) is 7.00. The third-order valence-corrected chi connectivity index (χ3v) is 4.50. The maximum Gasteiger partial charge on any atom is 0.256 e. The monoisotopic (exact) mass is 356 g/mol. The highest BCUT2D eigenvalue weighted by atomic mass is 19.1. The lowest BCUT2D eigenvalue weighted by Crippen LogP contribution is -2.14. The van der Waals surface area contributed by atoms with Gasteiger partial charge in [-0.25, -0.2) is 9.37 Å². The second-order valence-electron chi connectivity index (χ2n) is 6.32. The van der Waals surface area contributed by atoms with Crippen molar-refractivity contribution in [3.63, 3.8) is 0 Å². The molecule has 0 spiro atoms. The van der Waals surface area contributed by atoms with E-state index in [4.69, 9.17) is 4.98 Å². The van der Waals surface area contributed by atoms with Gasteiger partial charge in [0.2, 0.25) is 0 Å². The van der Waals surface area contributed by atoms with Crippen molar-refractivity contribution in [2.75, 3.05) is 5.32 Å².